The van der Waals surface area contributed by atoms with Crippen LogP contribution in [0.15, 0.2) is 12.4 Å². The molecule has 19 heavy (non-hydrogen) atoms. The SMILES string of the molecule is Cc1cnc(CNc2nnc(C)c(C)c2C#N)cn1. The second-order valence-electron chi connectivity index (χ2n) is 4.25. The van der Waals surface area contributed by atoms with Gasteiger partial charge in [0.2, 0.25) is 0 Å². The molecule has 2 rings (SSSR count). The van der Waals surface area contributed by atoms with Crippen molar-refractivity contribution >= 4 is 5.82 Å². The van der Waals surface area contributed by atoms with E-state index in [-0.39, 0.29) is 0 Å². The Bertz CT molecular complexity index is 627. The van der Waals surface area contributed by atoms with E-state index < -0.39 is 0 Å². The van der Waals surface area contributed by atoms with Crippen LogP contribution in [0.5, 0.6) is 0 Å². The van der Waals surface area contributed by atoms with E-state index in [1.165, 1.54) is 0 Å². The zero-order valence-corrected chi connectivity index (χ0v) is 11.1. The van der Waals surface area contributed by atoms with E-state index in [0.29, 0.717) is 17.9 Å². The molecule has 0 amide bonds. The molecular formula is C13H14N6. The molecule has 2 aromatic rings. The van der Waals surface area contributed by atoms with Gasteiger partial charge in [-0.2, -0.15) is 10.4 Å². The first-order valence-electron chi connectivity index (χ1n) is 5.87. The van der Waals surface area contributed by atoms with Crippen LogP contribution in [-0.4, -0.2) is 20.2 Å². The summed E-state index contributed by atoms with van der Waals surface area (Å²) in [6.45, 7) is 6.03. The standard InChI is InChI=1S/C13H14N6/c1-8-5-16-11(6-15-8)7-17-13-12(4-14)9(2)10(3)18-19-13/h5-6H,7H2,1-3H3,(H,17,19). The summed E-state index contributed by atoms with van der Waals surface area (Å²) in [5, 5.41) is 20.3. The molecule has 0 radical (unpaired) electrons. The Labute approximate surface area is 111 Å². The highest BCUT2D eigenvalue weighted by Crippen LogP contribution is 2.17. The second-order valence-corrected chi connectivity index (χ2v) is 4.25. The van der Waals surface area contributed by atoms with Crippen LogP contribution in [0.2, 0.25) is 0 Å². The number of rotatable bonds is 3. The van der Waals surface area contributed by atoms with Crippen LogP contribution in [0, 0.1) is 32.1 Å². The van der Waals surface area contributed by atoms with Gasteiger partial charge in [-0.25, -0.2) is 0 Å². The van der Waals surface area contributed by atoms with Crippen LogP contribution >= 0.6 is 0 Å². The van der Waals surface area contributed by atoms with E-state index in [4.69, 9.17) is 0 Å². The molecule has 0 saturated carbocycles. The Kier molecular flexibility index (Phi) is 3.66. The Morgan fingerprint density at radius 3 is 2.58 bits per heavy atom. The number of aromatic nitrogens is 4. The first-order valence-corrected chi connectivity index (χ1v) is 5.87. The van der Waals surface area contributed by atoms with Crippen LogP contribution < -0.4 is 5.32 Å². The highest BCUT2D eigenvalue weighted by atomic mass is 15.2. The van der Waals surface area contributed by atoms with Crippen molar-refractivity contribution in [2.75, 3.05) is 5.32 Å². The lowest BCUT2D eigenvalue weighted by Crippen LogP contribution is -2.08. The van der Waals surface area contributed by atoms with Crippen molar-refractivity contribution in [2.24, 2.45) is 0 Å². The molecule has 0 bridgehead atoms. The third-order valence-corrected chi connectivity index (χ3v) is 2.84. The minimum Gasteiger partial charge on any atom is -0.362 e. The van der Waals surface area contributed by atoms with Crippen LogP contribution in [0.1, 0.15) is 28.2 Å². The van der Waals surface area contributed by atoms with Crippen molar-refractivity contribution in [2.45, 2.75) is 27.3 Å². The maximum Gasteiger partial charge on any atom is 0.167 e. The molecule has 0 spiro atoms. The lowest BCUT2D eigenvalue weighted by Gasteiger charge is -2.09. The Balaban J connectivity index is 2.18. The van der Waals surface area contributed by atoms with Crippen molar-refractivity contribution in [3.63, 3.8) is 0 Å². The number of hydrogen-bond acceptors (Lipinski definition) is 6. The van der Waals surface area contributed by atoms with Gasteiger partial charge in [-0.15, -0.1) is 5.10 Å². The molecule has 1 N–H and O–H groups in total. The molecule has 0 aliphatic heterocycles. The Hall–Kier alpha value is -2.55. The van der Waals surface area contributed by atoms with Crippen LogP contribution in [0.3, 0.4) is 0 Å². The van der Waals surface area contributed by atoms with Gasteiger partial charge in [0, 0.05) is 6.20 Å². The number of aryl methyl sites for hydroxylation is 2. The summed E-state index contributed by atoms with van der Waals surface area (Å²) in [6.07, 6.45) is 3.40. The number of nitrogens with one attached hydrogen (secondary N) is 1. The summed E-state index contributed by atoms with van der Waals surface area (Å²) >= 11 is 0. The Morgan fingerprint density at radius 1 is 1.16 bits per heavy atom. The lowest BCUT2D eigenvalue weighted by molar-refractivity contribution is 0.922. The molecule has 0 aliphatic rings. The fourth-order valence-electron chi connectivity index (χ4n) is 1.55. The van der Waals surface area contributed by atoms with Gasteiger partial charge in [0.1, 0.15) is 11.6 Å². The van der Waals surface area contributed by atoms with Gasteiger partial charge in [0.05, 0.1) is 29.8 Å². The first-order chi connectivity index (χ1) is 9.11. The zero-order chi connectivity index (χ0) is 13.8. The quantitative estimate of drug-likeness (QED) is 0.896. The minimum absolute atomic E-state index is 0.457. The van der Waals surface area contributed by atoms with Gasteiger partial charge in [-0.3, -0.25) is 9.97 Å². The smallest absolute Gasteiger partial charge is 0.167 e. The minimum atomic E-state index is 0.457. The van der Waals surface area contributed by atoms with Crippen LogP contribution in [-0.2, 0) is 6.54 Å². The topological polar surface area (TPSA) is 87.4 Å². The number of nitriles is 1. The first kappa shape index (κ1) is 12.9. The normalized spacial score (nSPS) is 10.0. The third kappa shape index (κ3) is 2.83. The number of anilines is 1. The van der Waals surface area contributed by atoms with Gasteiger partial charge >= 0.3 is 0 Å². The Morgan fingerprint density at radius 2 is 1.95 bits per heavy atom. The van der Waals surface area contributed by atoms with E-state index in [2.05, 4.69) is 31.6 Å². The highest BCUT2D eigenvalue weighted by molar-refractivity contribution is 5.55. The average molecular weight is 254 g/mol. The number of nitrogens with zero attached hydrogens (tertiary/aromatic N) is 5. The van der Waals surface area contributed by atoms with Crippen molar-refractivity contribution in [3.05, 3.63) is 40.6 Å². The van der Waals surface area contributed by atoms with Crippen LogP contribution in [0.4, 0.5) is 5.82 Å². The van der Waals surface area contributed by atoms with Crippen LogP contribution in [0.25, 0.3) is 0 Å². The molecule has 2 aromatic heterocycles. The monoisotopic (exact) mass is 254 g/mol. The van der Waals surface area contributed by atoms with E-state index in [9.17, 15) is 5.26 Å². The summed E-state index contributed by atoms with van der Waals surface area (Å²) in [7, 11) is 0. The maximum absolute atomic E-state index is 9.17. The molecule has 0 saturated heterocycles. The average Bonchev–Trinajstić information content (AvgIpc) is 2.42. The van der Waals surface area contributed by atoms with Crippen molar-refractivity contribution in [1.29, 1.82) is 5.26 Å². The largest absolute Gasteiger partial charge is 0.362 e. The van der Waals surface area contributed by atoms with Crippen molar-refractivity contribution < 1.29 is 0 Å². The summed E-state index contributed by atoms with van der Waals surface area (Å²) in [5.41, 5.74) is 3.78. The zero-order valence-electron chi connectivity index (χ0n) is 11.1. The highest BCUT2D eigenvalue weighted by Gasteiger charge is 2.10. The molecule has 0 unspecified atom stereocenters. The lowest BCUT2D eigenvalue weighted by atomic mass is 10.1. The van der Waals surface area contributed by atoms with Crippen molar-refractivity contribution in [3.8, 4) is 6.07 Å². The summed E-state index contributed by atoms with van der Waals surface area (Å²) in [5.74, 6) is 0.480. The second kappa shape index (κ2) is 5.40. The molecule has 0 aliphatic carbocycles. The van der Waals surface area contributed by atoms with Gasteiger partial charge in [0.15, 0.2) is 5.82 Å². The molecule has 0 fully saturated rings. The van der Waals surface area contributed by atoms with Gasteiger partial charge in [0.25, 0.3) is 0 Å². The molecule has 6 heteroatoms. The van der Waals surface area contributed by atoms with Gasteiger partial charge in [-0.1, -0.05) is 0 Å². The predicted molar refractivity (Wildman–Crippen MR) is 70.3 cm³/mol. The van der Waals surface area contributed by atoms with E-state index in [0.717, 1.165) is 22.6 Å². The van der Waals surface area contributed by atoms with Gasteiger partial charge in [-0.05, 0) is 26.3 Å². The van der Waals surface area contributed by atoms with Crippen molar-refractivity contribution in [1.82, 2.24) is 20.2 Å². The van der Waals surface area contributed by atoms with E-state index in [1.54, 1.807) is 12.4 Å². The molecular weight excluding hydrogens is 240 g/mol. The molecule has 0 aromatic carbocycles. The third-order valence-electron chi connectivity index (χ3n) is 2.84. The fraction of sp³-hybridized carbons (Fsp3) is 0.308. The van der Waals surface area contributed by atoms with E-state index >= 15 is 0 Å². The molecule has 96 valence electrons. The predicted octanol–water partition coefficient (Wildman–Crippen LogP) is 1.68. The fourth-order valence-corrected chi connectivity index (χ4v) is 1.55. The summed E-state index contributed by atoms with van der Waals surface area (Å²) in [6, 6.07) is 2.15. The molecule has 2 heterocycles. The molecule has 6 nitrogen and oxygen atoms in total. The summed E-state index contributed by atoms with van der Waals surface area (Å²) in [4.78, 5) is 8.39. The van der Waals surface area contributed by atoms with Gasteiger partial charge < -0.3 is 5.32 Å². The van der Waals surface area contributed by atoms with E-state index in [1.807, 2.05) is 20.8 Å². The maximum atomic E-state index is 9.17. The number of hydrogen-bond donors (Lipinski definition) is 1. The summed E-state index contributed by atoms with van der Waals surface area (Å²) < 4.78 is 0. The molecule has 0 atom stereocenters.